The number of hydrazine groups is 1. The van der Waals surface area contributed by atoms with E-state index >= 15 is 0 Å². The van der Waals surface area contributed by atoms with Gasteiger partial charge in [-0.25, -0.2) is 5.43 Å². The van der Waals surface area contributed by atoms with Crippen LogP contribution in [0.1, 0.15) is 60.3 Å². The van der Waals surface area contributed by atoms with Crippen LogP contribution in [0.25, 0.3) is 0 Å². The van der Waals surface area contributed by atoms with Gasteiger partial charge in [0.25, 0.3) is 5.91 Å². The van der Waals surface area contributed by atoms with Gasteiger partial charge in [0.1, 0.15) is 18.1 Å². The third-order valence-corrected chi connectivity index (χ3v) is 5.73. The molecule has 1 heterocycles. The summed E-state index contributed by atoms with van der Waals surface area (Å²) in [5.41, 5.74) is 4.81. The fourth-order valence-electron chi connectivity index (χ4n) is 3.45. The second-order valence-corrected chi connectivity index (χ2v) is 8.96. The van der Waals surface area contributed by atoms with Gasteiger partial charge in [-0.2, -0.15) is 0 Å². The van der Waals surface area contributed by atoms with Crippen LogP contribution in [0, 0.1) is 5.92 Å². The lowest BCUT2D eigenvalue weighted by Gasteiger charge is -2.34. The Morgan fingerprint density at radius 2 is 1.89 bits per heavy atom. The molecule has 0 spiro atoms. The Kier molecular flexibility index (Phi) is 12.9. The van der Waals surface area contributed by atoms with Gasteiger partial charge in [-0.05, 0) is 51.2 Å². The number of hydrogen-bond acceptors (Lipinski definition) is 7. The molecule has 1 aliphatic heterocycles. The molecule has 0 aromatic carbocycles. The quantitative estimate of drug-likeness (QED) is 0.298. The molecule has 10 heteroatoms. The summed E-state index contributed by atoms with van der Waals surface area (Å²) in [5.74, 6) is -1.75. The van der Waals surface area contributed by atoms with E-state index in [0.717, 1.165) is 12.1 Å². The Morgan fingerprint density at radius 1 is 1.20 bits per heavy atom. The van der Waals surface area contributed by atoms with E-state index in [2.05, 4.69) is 28.0 Å². The number of carbonyl (C=O) groups excluding carboxylic acids is 4. The predicted molar refractivity (Wildman–Crippen MR) is 135 cm³/mol. The lowest BCUT2D eigenvalue weighted by molar-refractivity contribution is -0.150. The molecule has 1 rings (SSSR count). The molecule has 0 aliphatic carbocycles. The van der Waals surface area contributed by atoms with Crippen LogP contribution in [-0.2, 0) is 23.9 Å². The number of hydrogen-bond donors (Lipinski definition) is 3. The molecule has 0 unspecified atom stereocenters. The van der Waals surface area contributed by atoms with Crippen LogP contribution in [0.4, 0.5) is 0 Å². The van der Waals surface area contributed by atoms with Crippen molar-refractivity contribution in [1.29, 1.82) is 0 Å². The molecular weight excluding hydrogens is 450 g/mol. The average molecular weight is 492 g/mol. The van der Waals surface area contributed by atoms with Crippen molar-refractivity contribution in [2.45, 2.75) is 78.4 Å². The minimum atomic E-state index is -0.846. The molecule has 196 valence electrons. The molecule has 1 fully saturated rings. The number of aliphatic imine (C=N–C) groups is 1. The summed E-state index contributed by atoms with van der Waals surface area (Å²) in [4.78, 5) is 54.2. The number of amides is 3. The molecule has 1 aliphatic rings. The van der Waals surface area contributed by atoms with E-state index in [0.29, 0.717) is 19.4 Å². The first-order chi connectivity index (χ1) is 16.5. The monoisotopic (exact) mass is 491 g/mol. The van der Waals surface area contributed by atoms with Crippen molar-refractivity contribution in [3.8, 4) is 0 Å². The van der Waals surface area contributed by atoms with Crippen LogP contribution in [0.15, 0.2) is 28.8 Å². The minimum absolute atomic E-state index is 0.0929. The van der Waals surface area contributed by atoms with E-state index in [9.17, 15) is 19.2 Å². The Hall–Kier alpha value is -3.01. The first-order valence-electron chi connectivity index (χ1n) is 12.1. The fourth-order valence-corrected chi connectivity index (χ4v) is 3.45. The summed E-state index contributed by atoms with van der Waals surface area (Å²) in [6, 6.07) is -2.25. The Bertz CT molecular complexity index is 849. The van der Waals surface area contributed by atoms with E-state index in [1.54, 1.807) is 26.1 Å². The summed E-state index contributed by atoms with van der Waals surface area (Å²) in [7, 11) is 2.99. The maximum Gasteiger partial charge on any atom is 0.324 e. The van der Waals surface area contributed by atoms with Gasteiger partial charge in [0.05, 0.1) is 12.8 Å². The highest BCUT2D eigenvalue weighted by molar-refractivity contribution is 6.04. The normalized spacial score (nSPS) is 18.9. The molecule has 35 heavy (non-hydrogen) atoms. The summed E-state index contributed by atoms with van der Waals surface area (Å²) in [6.45, 7) is 9.70. The fraction of sp³-hybridized carbons (Fsp3) is 0.640. The number of allylic oxidation sites excluding steroid dienone is 3. The van der Waals surface area contributed by atoms with Gasteiger partial charge in [-0.3, -0.25) is 29.2 Å². The van der Waals surface area contributed by atoms with Crippen molar-refractivity contribution in [2.75, 3.05) is 20.7 Å². The standard InChI is InChI=1S/C25H41N5O5/c1-8-17(4)15-19(26-6)11-9-13-21(31)28-22(16(2)3)23(32)27-18(5)24(33)30-14-10-12-20(29-30)25(34)35-7/h9,11,15-16,18,20,22,29H,8,10,12-14H2,1-7H3,(H,27,32)(H,28,31)/b11-9+,17-15+,26-19?/t18-,20-,22-/m0/s1. The zero-order chi connectivity index (χ0) is 26.5. The van der Waals surface area contributed by atoms with Crippen molar-refractivity contribution < 1.29 is 23.9 Å². The van der Waals surface area contributed by atoms with Crippen molar-refractivity contribution in [3.63, 3.8) is 0 Å². The third kappa shape index (κ3) is 10.0. The number of nitrogens with one attached hydrogen (secondary N) is 3. The molecule has 0 bridgehead atoms. The summed E-state index contributed by atoms with van der Waals surface area (Å²) in [5, 5.41) is 6.78. The molecule has 0 aromatic heterocycles. The highest BCUT2D eigenvalue weighted by Crippen LogP contribution is 2.10. The third-order valence-electron chi connectivity index (χ3n) is 5.73. The molecule has 3 N–H and O–H groups in total. The van der Waals surface area contributed by atoms with Crippen molar-refractivity contribution in [1.82, 2.24) is 21.1 Å². The number of esters is 1. The molecule has 0 radical (unpaired) electrons. The van der Waals surface area contributed by atoms with E-state index in [1.165, 1.54) is 17.7 Å². The van der Waals surface area contributed by atoms with Gasteiger partial charge < -0.3 is 15.4 Å². The van der Waals surface area contributed by atoms with Gasteiger partial charge >= 0.3 is 5.97 Å². The maximum absolute atomic E-state index is 12.9. The largest absolute Gasteiger partial charge is 0.468 e. The number of ether oxygens (including phenoxy) is 1. The van der Waals surface area contributed by atoms with Crippen LogP contribution < -0.4 is 16.1 Å². The Balaban J connectivity index is 2.70. The molecular formula is C25H41N5O5. The molecule has 3 atom stereocenters. The molecule has 3 amide bonds. The lowest BCUT2D eigenvalue weighted by atomic mass is 10.0. The average Bonchev–Trinajstić information content (AvgIpc) is 2.85. The summed E-state index contributed by atoms with van der Waals surface area (Å²) >= 11 is 0. The van der Waals surface area contributed by atoms with E-state index in [-0.39, 0.29) is 24.2 Å². The first kappa shape index (κ1) is 30.0. The molecule has 0 aromatic rings. The van der Waals surface area contributed by atoms with Gasteiger partial charge in [-0.15, -0.1) is 0 Å². The van der Waals surface area contributed by atoms with E-state index in [4.69, 9.17) is 4.74 Å². The lowest BCUT2D eigenvalue weighted by Crippen LogP contribution is -2.60. The highest BCUT2D eigenvalue weighted by atomic mass is 16.5. The number of rotatable bonds is 11. The van der Waals surface area contributed by atoms with Crippen molar-refractivity contribution in [2.24, 2.45) is 10.9 Å². The molecule has 10 nitrogen and oxygen atoms in total. The van der Waals surface area contributed by atoms with Crippen molar-refractivity contribution in [3.05, 3.63) is 23.8 Å². The zero-order valence-corrected chi connectivity index (χ0v) is 22.0. The molecule has 0 saturated carbocycles. The second-order valence-electron chi connectivity index (χ2n) is 8.96. The first-order valence-corrected chi connectivity index (χ1v) is 12.1. The van der Waals surface area contributed by atoms with Crippen LogP contribution in [0.3, 0.4) is 0 Å². The van der Waals surface area contributed by atoms with Crippen molar-refractivity contribution >= 4 is 29.4 Å². The SMILES string of the molecule is CC/C(C)=C/C(/C=C/CC(=O)N[C@H](C(=O)N[C@@H](C)C(=O)N1CCC[C@@H](C(=O)OC)N1)C(C)C)=NC. The summed E-state index contributed by atoms with van der Waals surface area (Å²) < 4.78 is 4.74. The van der Waals surface area contributed by atoms with E-state index < -0.39 is 30.0 Å². The number of carbonyl (C=O) groups is 4. The van der Waals surface area contributed by atoms with Crippen LogP contribution in [-0.4, -0.2) is 73.2 Å². The maximum atomic E-state index is 12.9. The topological polar surface area (TPSA) is 129 Å². The zero-order valence-electron chi connectivity index (χ0n) is 22.0. The predicted octanol–water partition coefficient (Wildman–Crippen LogP) is 1.67. The smallest absolute Gasteiger partial charge is 0.324 e. The van der Waals surface area contributed by atoms with Gasteiger partial charge in [0.2, 0.25) is 11.8 Å². The van der Waals surface area contributed by atoms with Gasteiger partial charge in [-0.1, -0.05) is 32.4 Å². The number of nitrogens with zero attached hydrogens (tertiary/aromatic N) is 2. The molecule has 1 saturated heterocycles. The number of methoxy groups -OCH3 is 1. The van der Waals surface area contributed by atoms with Crippen LogP contribution in [0.2, 0.25) is 0 Å². The minimum Gasteiger partial charge on any atom is -0.468 e. The van der Waals surface area contributed by atoms with Crippen LogP contribution >= 0.6 is 0 Å². The van der Waals surface area contributed by atoms with Gasteiger partial charge in [0.15, 0.2) is 0 Å². The second kappa shape index (κ2) is 15.1. The summed E-state index contributed by atoms with van der Waals surface area (Å²) in [6.07, 6.45) is 7.65. The Morgan fingerprint density at radius 3 is 2.46 bits per heavy atom. The van der Waals surface area contributed by atoms with E-state index in [1.807, 2.05) is 26.8 Å². The Labute approximate surface area is 208 Å². The highest BCUT2D eigenvalue weighted by Gasteiger charge is 2.32. The van der Waals surface area contributed by atoms with Gasteiger partial charge in [0, 0.05) is 20.0 Å². The van der Waals surface area contributed by atoms with Crippen LogP contribution in [0.5, 0.6) is 0 Å².